The largest absolute Gasteiger partial charge is 0.465 e. The fraction of sp³-hybridized carbons (Fsp3) is 0.281. The molecule has 1 fully saturated rings. The molecule has 1 aromatic heterocycles. The lowest BCUT2D eigenvalue weighted by Gasteiger charge is -2.36. The topological polar surface area (TPSA) is 158 Å². The van der Waals surface area contributed by atoms with Crippen molar-refractivity contribution in [1.82, 2.24) is 15.5 Å². The number of carboxylic acid groups (broad SMARTS) is 1. The number of sulfonamides is 1. The Hall–Kier alpha value is -4.98. The van der Waals surface area contributed by atoms with Gasteiger partial charge in [-0.1, -0.05) is 18.2 Å². The number of anilines is 1. The third kappa shape index (κ3) is 6.66. The molecule has 242 valence electrons. The Kier molecular flexibility index (Phi) is 9.28. The zero-order valence-corrected chi connectivity index (χ0v) is 25.8. The molecule has 0 unspecified atom stereocenters. The predicted molar refractivity (Wildman–Crippen MR) is 167 cm³/mol. The summed E-state index contributed by atoms with van der Waals surface area (Å²) < 4.78 is 62.6. The van der Waals surface area contributed by atoms with Crippen molar-refractivity contribution in [2.45, 2.75) is 31.7 Å². The summed E-state index contributed by atoms with van der Waals surface area (Å²) in [6, 6.07) is 12.4. The van der Waals surface area contributed by atoms with E-state index in [1.165, 1.54) is 67.4 Å². The molecule has 11 nitrogen and oxygen atoms in total. The fourth-order valence-corrected chi connectivity index (χ4v) is 6.36. The minimum atomic E-state index is -3.79. The number of amides is 3. The van der Waals surface area contributed by atoms with E-state index in [2.05, 4.69) is 15.4 Å². The highest BCUT2D eigenvalue weighted by molar-refractivity contribution is 7.92. The monoisotopic (exact) mass is 654 g/mol. The standard InChI is InChI=1S/C32H32F2N4O7S/c1-3-46(43,44)37-25-16-26-23(27(30(39)35-2)29(45-26)18-10-12-20(33)13-11-18)15-22(25)19-7-6-14-38(17-19)31(40)28(36-32(41)42)21-8-4-5-9-24(21)34/h4-5,8-13,15-16,19,28,36-37H,3,6-7,14,17H2,1-2H3,(H,35,39)(H,41,42)/t19-,28-/m0/s1. The van der Waals surface area contributed by atoms with E-state index in [1.807, 2.05) is 0 Å². The molecule has 4 aromatic rings. The number of likely N-dealkylation sites (tertiary alicyclic amines) is 1. The van der Waals surface area contributed by atoms with Gasteiger partial charge in [-0.05, 0) is 61.7 Å². The molecule has 5 rings (SSSR count). The van der Waals surface area contributed by atoms with Gasteiger partial charge >= 0.3 is 6.09 Å². The SMILES string of the molecule is CCS(=O)(=O)Nc1cc2oc(-c3ccc(F)cc3)c(C(=O)NC)c2cc1[C@H]1CCCN(C(=O)[C@@H](NC(=O)O)c2ccccc2F)C1. The number of nitrogens with zero attached hydrogens (tertiary/aromatic N) is 1. The summed E-state index contributed by atoms with van der Waals surface area (Å²) in [6.45, 7) is 1.78. The highest BCUT2D eigenvalue weighted by atomic mass is 32.2. The van der Waals surface area contributed by atoms with Gasteiger partial charge in [0, 0.05) is 48.6 Å². The number of nitrogens with one attached hydrogen (secondary N) is 3. The number of rotatable bonds is 9. The van der Waals surface area contributed by atoms with Crippen LogP contribution in [0.5, 0.6) is 0 Å². The van der Waals surface area contributed by atoms with Crippen LogP contribution in [0.4, 0.5) is 19.3 Å². The lowest BCUT2D eigenvalue weighted by atomic mass is 9.87. The smallest absolute Gasteiger partial charge is 0.405 e. The van der Waals surface area contributed by atoms with E-state index in [1.54, 1.807) is 6.07 Å². The van der Waals surface area contributed by atoms with Crippen molar-refractivity contribution in [3.63, 3.8) is 0 Å². The maximum absolute atomic E-state index is 14.7. The zero-order chi connectivity index (χ0) is 33.2. The second kappa shape index (κ2) is 13.2. The molecule has 3 aromatic carbocycles. The zero-order valence-electron chi connectivity index (χ0n) is 25.0. The van der Waals surface area contributed by atoms with Gasteiger partial charge in [0.1, 0.15) is 29.0 Å². The minimum Gasteiger partial charge on any atom is -0.465 e. The second-order valence-electron chi connectivity index (χ2n) is 10.9. The number of piperidine rings is 1. The molecule has 46 heavy (non-hydrogen) atoms. The van der Waals surface area contributed by atoms with Crippen LogP contribution in [0, 0.1) is 11.6 Å². The first-order chi connectivity index (χ1) is 21.9. The van der Waals surface area contributed by atoms with E-state index >= 15 is 0 Å². The van der Waals surface area contributed by atoms with Gasteiger partial charge in [0.2, 0.25) is 15.9 Å². The van der Waals surface area contributed by atoms with Gasteiger partial charge in [0.25, 0.3) is 5.91 Å². The fourth-order valence-electron chi connectivity index (χ4n) is 5.70. The van der Waals surface area contributed by atoms with Crippen molar-refractivity contribution < 1.29 is 41.1 Å². The van der Waals surface area contributed by atoms with E-state index < -0.39 is 51.5 Å². The molecule has 0 bridgehead atoms. The first kappa shape index (κ1) is 32.4. The molecular weight excluding hydrogens is 622 g/mol. The summed E-state index contributed by atoms with van der Waals surface area (Å²) in [7, 11) is -2.34. The van der Waals surface area contributed by atoms with Crippen molar-refractivity contribution in [2.75, 3.05) is 30.6 Å². The average Bonchev–Trinajstić information content (AvgIpc) is 3.41. The number of furan rings is 1. The number of halogens is 2. The van der Waals surface area contributed by atoms with Crippen LogP contribution in [-0.2, 0) is 14.8 Å². The summed E-state index contributed by atoms with van der Waals surface area (Å²) in [5, 5.41) is 14.5. The van der Waals surface area contributed by atoms with Crippen LogP contribution in [0.25, 0.3) is 22.3 Å². The normalized spacial score (nSPS) is 15.7. The number of hydrogen-bond donors (Lipinski definition) is 4. The summed E-state index contributed by atoms with van der Waals surface area (Å²) in [6.07, 6.45) is -0.513. The van der Waals surface area contributed by atoms with Crippen molar-refractivity contribution in [3.8, 4) is 11.3 Å². The van der Waals surface area contributed by atoms with Crippen LogP contribution in [-0.4, -0.2) is 62.2 Å². The Morgan fingerprint density at radius 3 is 2.46 bits per heavy atom. The summed E-state index contributed by atoms with van der Waals surface area (Å²) >= 11 is 0. The van der Waals surface area contributed by atoms with Gasteiger partial charge in [0.05, 0.1) is 17.0 Å². The van der Waals surface area contributed by atoms with Crippen LogP contribution < -0.4 is 15.4 Å². The molecule has 3 amide bonds. The first-order valence-corrected chi connectivity index (χ1v) is 16.2. The molecule has 0 radical (unpaired) electrons. The van der Waals surface area contributed by atoms with Crippen LogP contribution >= 0.6 is 0 Å². The predicted octanol–water partition coefficient (Wildman–Crippen LogP) is 5.21. The number of carbonyl (C=O) groups is 3. The Morgan fingerprint density at radius 2 is 1.80 bits per heavy atom. The van der Waals surface area contributed by atoms with Gasteiger partial charge in [0.15, 0.2) is 0 Å². The van der Waals surface area contributed by atoms with E-state index in [4.69, 9.17) is 4.42 Å². The lowest BCUT2D eigenvalue weighted by Crippen LogP contribution is -2.46. The van der Waals surface area contributed by atoms with Gasteiger partial charge in [-0.3, -0.25) is 14.3 Å². The Balaban J connectivity index is 1.61. The summed E-state index contributed by atoms with van der Waals surface area (Å²) in [5.41, 5.74) is 1.32. The van der Waals surface area contributed by atoms with Gasteiger partial charge in [-0.25, -0.2) is 22.0 Å². The molecular formula is C32H32F2N4O7S. The molecule has 1 saturated heterocycles. The summed E-state index contributed by atoms with van der Waals surface area (Å²) in [5.74, 6) is -2.92. The first-order valence-electron chi connectivity index (χ1n) is 14.5. The Morgan fingerprint density at radius 1 is 1.09 bits per heavy atom. The quantitative estimate of drug-likeness (QED) is 0.193. The molecule has 14 heteroatoms. The lowest BCUT2D eigenvalue weighted by molar-refractivity contribution is -0.134. The third-order valence-corrected chi connectivity index (χ3v) is 9.26. The number of hydrogen-bond acceptors (Lipinski definition) is 6. The maximum atomic E-state index is 14.7. The minimum absolute atomic E-state index is 0.0510. The molecule has 0 aliphatic carbocycles. The van der Waals surface area contributed by atoms with E-state index in [0.29, 0.717) is 29.4 Å². The average molecular weight is 655 g/mol. The van der Waals surface area contributed by atoms with Crippen LogP contribution in [0.2, 0.25) is 0 Å². The van der Waals surface area contributed by atoms with E-state index in [0.717, 1.165) is 6.07 Å². The van der Waals surface area contributed by atoms with Crippen LogP contribution in [0.3, 0.4) is 0 Å². The molecule has 2 heterocycles. The van der Waals surface area contributed by atoms with Crippen molar-refractivity contribution in [1.29, 1.82) is 0 Å². The summed E-state index contributed by atoms with van der Waals surface area (Å²) in [4.78, 5) is 39.9. The van der Waals surface area contributed by atoms with E-state index in [-0.39, 0.29) is 47.0 Å². The van der Waals surface area contributed by atoms with Crippen molar-refractivity contribution in [3.05, 3.63) is 89.0 Å². The van der Waals surface area contributed by atoms with Crippen molar-refractivity contribution in [2.24, 2.45) is 0 Å². The Bertz CT molecular complexity index is 1910. The molecule has 1 aliphatic heterocycles. The van der Waals surface area contributed by atoms with Crippen LogP contribution in [0.15, 0.2) is 65.1 Å². The molecule has 0 saturated carbocycles. The highest BCUT2D eigenvalue weighted by Crippen LogP contribution is 2.41. The number of benzene rings is 3. The number of carbonyl (C=O) groups excluding carboxylic acids is 2. The van der Waals surface area contributed by atoms with Crippen LogP contribution in [0.1, 0.15) is 53.2 Å². The Labute approximate surface area is 263 Å². The number of fused-ring (bicyclic) bond motifs is 1. The van der Waals surface area contributed by atoms with Crippen molar-refractivity contribution >= 4 is 44.6 Å². The maximum Gasteiger partial charge on any atom is 0.405 e. The molecule has 2 atom stereocenters. The van der Waals surface area contributed by atoms with Gasteiger partial charge in [-0.15, -0.1) is 0 Å². The molecule has 0 spiro atoms. The molecule has 4 N–H and O–H groups in total. The second-order valence-corrected chi connectivity index (χ2v) is 12.9. The van der Waals surface area contributed by atoms with E-state index in [9.17, 15) is 36.7 Å². The third-order valence-electron chi connectivity index (χ3n) is 7.97. The molecule has 1 aliphatic rings. The van der Waals surface area contributed by atoms with Gasteiger partial charge in [-0.2, -0.15) is 0 Å². The van der Waals surface area contributed by atoms with Gasteiger partial charge < -0.3 is 25.1 Å². The highest BCUT2D eigenvalue weighted by Gasteiger charge is 2.34.